The lowest BCUT2D eigenvalue weighted by Crippen LogP contribution is -2.32. The number of aliphatic hydroxyl groups is 1. The Morgan fingerprint density at radius 1 is 1.05 bits per heavy atom. The third kappa shape index (κ3) is 5.91. The maximum Gasteiger partial charge on any atom is 0.340 e. The smallest absolute Gasteiger partial charge is 0.340 e. The molecule has 3 aromatic rings. The Labute approximate surface area is 240 Å². The summed E-state index contributed by atoms with van der Waals surface area (Å²) >= 11 is 0. The van der Waals surface area contributed by atoms with E-state index in [0.717, 1.165) is 47.3 Å². The maximum absolute atomic E-state index is 14.5. The van der Waals surface area contributed by atoms with Crippen LogP contribution in [-0.2, 0) is 40.3 Å². The quantitative estimate of drug-likeness (QED) is 0.216. The van der Waals surface area contributed by atoms with Crippen LogP contribution in [0.15, 0.2) is 16.9 Å². The van der Waals surface area contributed by atoms with E-state index in [1.54, 1.807) is 17.6 Å². The molecule has 1 amide bonds. The van der Waals surface area contributed by atoms with Crippen molar-refractivity contribution in [3.05, 3.63) is 61.7 Å². The van der Waals surface area contributed by atoms with Gasteiger partial charge in [-0.1, -0.05) is 53.9 Å². The van der Waals surface area contributed by atoms with E-state index in [1.807, 2.05) is 27.7 Å². The molecule has 222 valence electrons. The van der Waals surface area contributed by atoms with Crippen molar-refractivity contribution in [2.24, 2.45) is 11.7 Å². The number of aliphatic hydroxyl groups excluding tert-OH is 1. The van der Waals surface area contributed by atoms with Crippen molar-refractivity contribution in [2.75, 3.05) is 0 Å². The average Bonchev–Trinajstić information content (AvgIpc) is 3.35. The molecule has 2 aliphatic heterocycles. The third-order valence-electron chi connectivity index (χ3n) is 7.93. The lowest BCUT2D eigenvalue weighted by molar-refractivity contribution is -0.157. The summed E-state index contributed by atoms with van der Waals surface area (Å²) in [5.41, 5.74) is 10.0. The fourth-order valence-corrected chi connectivity index (χ4v) is 5.68. The summed E-state index contributed by atoms with van der Waals surface area (Å²) in [6.07, 6.45) is 5.83. The van der Waals surface area contributed by atoms with Crippen molar-refractivity contribution in [1.29, 1.82) is 0 Å². The summed E-state index contributed by atoms with van der Waals surface area (Å²) < 4.78 is 21.1. The summed E-state index contributed by atoms with van der Waals surface area (Å²) in [5.74, 6) is 0.0330. The lowest BCUT2D eigenvalue weighted by atomic mass is 9.85. The van der Waals surface area contributed by atoms with E-state index < -0.39 is 12.1 Å². The van der Waals surface area contributed by atoms with Crippen LogP contribution in [0.1, 0.15) is 99.8 Å². The minimum atomic E-state index is -1.48. The maximum atomic E-state index is 14.5. The van der Waals surface area contributed by atoms with Crippen molar-refractivity contribution in [2.45, 2.75) is 99.3 Å². The van der Waals surface area contributed by atoms with E-state index >= 15 is 0 Å². The Bertz CT molecular complexity index is 1490. The summed E-state index contributed by atoms with van der Waals surface area (Å²) in [6.45, 7) is 12.4. The topological polar surface area (TPSA) is 125 Å². The molecule has 2 aliphatic carbocycles. The van der Waals surface area contributed by atoms with Crippen LogP contribution >= 0.6 is 0 Å². The van der Waals surface area contributed by atoms with Gasteiger partial charge >= 0.3 is 5.97 Å². The largest absolute Gasteiger partial charge is 0.458 e. The highest BCUT2D eigenvalue weighted by Gasteiger charge is 2.35. The first-order valence-corrected chi connectivity index (χ1v) is 14.7. The number of aryl methyl sites for hydroxylation is 2. The van der Waals surface area contributed by atoms with Gasteiger partial charge in [-0.25, -0.2) is 14.2 Å². The number of hydrogen-bond acceptors (Lipinski definition) is 6. The number of esters is 1. The number of halogens is 1. The van der Waals surface area contributed by atoms with Gasteiger partial charge in [0.05, 0.1) is 29.0 Å². The van der Waals surface area contributed by atoms with Crippen LogP contribution in [0.3, 0.4) is 0 Å². The number of primary amides is 1. The highest BCUT2D eigenvalue weighted by Crippen LogP contribution is 2.42. The van der Waals surface area contributed by atoms with Crippen molar-refractivity contribution < 1.29 is 23.8 Å². The molecular weight excluding hydrogens is 525 g/mol. The molecule has 41 heavy (non-hydrogen) atoms. The zero-order valence-electron chi connectivity index (χ0n) is 25.0. The average molecular weight is 568 g/mol. The number of rotatable bonds is 0. The number of fused-ring (bicyclic) bond motifs is 5. The summed E-state index contributed by atoms with van der Waals surface area (Å²) in [4.78, 5) is 38.2. The van der Waals surface area contributed by atoms with Crippen LogP contribution in [0, 0.1) is 18.7 Å². The SMILES string of the molecule is CC.CC.CC1CCC1.Cc1c(F)cc2nc3c(c4c2c1CCC4)Cn1c-3cc2c(c1=O)COC(=O)C2O.NC=O. The Hall–Kier alpha value is -3.59. The normalized spacial score (nSPS) is 17.2. The second-order valence-corrected chi connectivity index (χ2v) is 10.2. The van der Waals surface area contributed by atoms with E-state index in [-0.39, 0.29) is 30.0 Å². The lowest BCUT2D eigenvalue weighted by Gasteiger charge is -2.22. The van der Waals surface area contributed by atoms with Gasteiger partial charge in [-0.15, -0.1) is 0 Å². The van der Waals surface area contributed by atoms with Crippen LogP contribution in [-0.4, -0.2) is 27.0 Å². The number of amides is 1. The molecule has 8 nitrogen and oxygen atoms in total. The standard InChI is InChI=1S/C22H17FN2O4.C5H10.2C2H6.CH3NO/c1-9-10-3-2-4-11-13-7-25-17(19(13)24-16(18(10)11)6-15(9)23)5-12-14(21(25)27)8-29-22(28)20(12)26;1-5-3-2-4-5;2*1-2;2-1-3/h5-6,20,26H,2-4,7-8H2,1H3;5H,2-4H2,1H3;2*1-2H3;1H,(H2,2,3). The molecule has 1 aromatic carbocycles. The molecule has 0 saturated heterocycles. The van der Waals surface area contributed by atoms with Crippen LogP contribution in [0.2, 0.25) is 0 Å². The second kappa shape index (κ2) is 13.9. The molecule has 1 fully saturated rings. The number of pyridine rings is 2. The highest BCUT2D eigenvalue weighted by molar-refractivity contribution is 5.92. The second-order valence-electron chi connectivity index (χ2n) is 10.2. The molecule has 4 aliphatic rings. The summed E-state index contributed by atoms with van der Waals surface area (Å²) in [5, 5.41) is 11.2. The van der Waals surface area contributed by atoms with Gasteiger partial charge in [0.2, 0.25) is 6.41 Å². The fraction of sp³-hybridized carbons (Fsp3) is 0.500. The van der Waals surface area contributed by atoms with Crippen molar-refractivity contribution in [3.63, 3.8) is 0 Å². The predicted octanol–water partition coefficient (Wildman–Crippen LogP) is 5.41. The van der Waals surface area contributed by atoms with E-state index in [2.05, 4.69) is 12.7 Å². The number of cyclic esters (lactones) is 1. The van der Waals surface area contributed by atoms with Crippen LogP contribution < -0.4 is 11.3 Å². The zero-order chi connectivity index (χ0) is 30.4. The molecule has 2 aromatic heterocycles. The highest BCUT2D eigenvalue weighted by atomic mass is 19.1. The number of nitrogens with two attached hydrogens (primary N) is 1. The van der Waals surface area contributed by atoms with Gasteiger partial charge in [-0.3, -0.25) is 9.59 Å². The summed E-state index contributed by atoms with van der Waals surface area (Å²) in [7, 11) is 0. The predicted molar refractivity (Wildman–Crippen MR) is 158 cm³/mol. The third-order valence-corrected chi connectivity index (χ3v) is 7.93. The Morgan fingerprint density at radius 3 is 2.24 bits per heavy atom. The Morgan fingerprint density at radius 2 is 1.66 bits per heavy atom. The Balaban J connectivity index is 0.000000331. The van der Waals surface area contributed by atoms with Crippen LogP contribution in [0.4, 0.5) is 4.39 Å². The number of carbonyl (C=O) groups excluding carboxylic acids is 2. The molecule has 7 rings (SSSR count). The number of carbonyl (C=O) groups is 2. The molecule has 0 spiro atoms. The number of hydrogen-bond donors (Lipinski definition) is 2. The first kappa shape index (κ1) is 31.9. The number of nitrogens with zero attached hydrogens (tertiary/aromatic N) is 2. The van der Waals surface area contributed by atoms with Gasteiger partial charge in [0.1, 0.15) is 12.4 Å². The van der Waals surface area contributed by atoms with Crippen molar-refractivity contribution >= 4 is 23.3 Å². The van der Waals surface area contributed by atoms with Gasteiger partial charge in [-0.05, 0) is 54.9 Å². The van der Waals surface area contributed by atoms with Crippen molar-refractivity contribution in [3.8, 4) is 11.4 Å². The molecule has 1 atom stereocenters. The Kier molecular flexibility index (Phi) is 10.8. The van der Waals surface area contributed by atoms with Gasteiger partial charge in [0.25, 0.3) is 5.56 Å². The van der Waals surface area contributed by atoms with E-state index in [4.69, 9.17) is 14.5 Å². The minimum absolute atomic E-state index is 0.141. The zero-order valence-corrected chi connectivity index (χ0v) is 25.0. The molecule has 0 radical (unpaired) electrons. The molecule has 9 heteroatoms. The van der Waals surface area contributed by atoms with Gasteiger partial charge < -0.3 is 20.1 Å². The van der Waals surface area contributed by atoms with Crippen LogP contribution in [0.5, 0.6) is 0 Å². The first-order chi connectivity index (χ1) is 19.8. The molecule has 4 heterocycles. The molecule has 1 saturated carbocycles. The fourth-order valence-electron chi connectivity index (χ4n) is 5.68. The van der Waals surface area contributed by atoms with Gasteiger partial charge in [0.15, 0.2) is 6.10 Å². The molecule has 3 N–H and O–H groups in total. The molecule has 1 unspecified atom stereocenters. The first-order valence-electron chi connectivity index (χ1n) is 14.7. The van der Waals surface area contributed by atoms with E-state index in [9.17, 15) is 19.1 Å². The number of benzene rings is 1. The van der Waals surface area contributed by atoms with E-state index in [1.165, 1.54) is 25.3 Å². The monoisotopic (exact) mass is 567 g/mol. The van der Waals surface area contributed by atoms with E-state index in [0.29, 0.717) is 34.6 Å². The van der Waals surface area contributed by atoms with Crippen molar-refractivity contribution in [1.82, 2.24) is 9.55 Å². The minimum Gasteiger partial charge on any atom is -0.458 e. The molecule has 0 bridgehead atoms. The molecular formula is C32H42FN3O5. The number of aromatic nitrogens is 2. The van der Waals surface area contributed by atoms with Crippen LogP contribution in [0.25, 0.3) is 22.3 Å². The summed E-state index contributed by atoms with van der Waals surface area (Å²) in [6, 6.07) is 3.13. The van der Waals surface area contributed by atoms with Gasteiger partial charge in [-0.2, -0.15) is 0 Å². The van der Waals surface area contributed by atoms with Gasteiger partial charge in [0, 0.05) is 22.6 Å². The number of ether oxygens (including phenoxy) is 1.